The fourth-order valence-electron chi connectivity index (χ4n) is 1.25. The summed E-state index contributed by atoms with van der Waals surface area (Å²) in [6, 6.07) is 9.41. The van der Waals surface area contributed by atoms with E-state index in [0.717, 1.165) is 5.75 Å². The molecule has 88 valence electrons. The Kier molecular flexibility index (Phi) is 4.31. The average molecular weight is 223 g/mol. The van der Waals surface area contributed by atoms with Crippen LogP contribution in [0.2, 0.25) is 0 Å². The molecule has 0 saturated heterocycles. The average Bonchev–Trinajstić information content (AvgIpc) is 2.26. The van der Waals surface area contributed by atoms with Crippen molar-refractivity contribution >= 4 is 5.97 Å². The Morgan fingerprint density at radius 2 is 2.06 bits per heavy atom. The molecule has 0 bridgehead atoms. The van der Waals surface area contributed by atoms with E-state index in [-0.39, 0.29) is 0 Å². The highest BCUT2D eigenvalue weighted by Gasteiger charge is 2.26. The molecule has 4 nitrogen and oxygen atoms in total. The van der Waals surface area contributed by atoms with Gasteiger partial charge in [-0.2, -0.15) is 0 Å². The maximum Gasteiger partial charge on any atom is 0.323 e. The number of carboxylic acid groups (broad SMARTS) is 1. The number of nitrogens with two attached hydrogens (primary N) is 1. The van der Waals surface area contributed by atoms with Crippen molar-refractivity contribution in [2.75, 3.05) is 6.61 Å². The summed E-state index contributed by atoms with van der Waals surface area (Å²) >= 11 is 0. The van der Waals surface area contributed by atoms with Crippen LogP contribution in [0.1, 0.15) is 19.8 Å². The SMILES string of the molecule is CC(N)(CCCOc1ccccc1)C(=O)O. The first-order valence-corrected chi connectivity index (χ1v) is 5.22. The van der Waals surface area contributed by atoms with Gasteiger partial charge in [-0.1, -0.05) is 18.2 Å². The maximum absolute atomic E-state index is 10.7. The van der Waals surface area contributed by atoms with Gasteiger partial charge < -0.3 is 15.6 Å². The molecule has 1 unspecified atom stereocenters. The number of benzene rings is 1. The molecule has 0 heterocycles. The monoisotopic (exact) mass is 223 g/mol. The zero-order valence-corrected chi connectivity index (χ0v) is 9.35. The van der Waals surface area contributed by atoms with Crippen LogP contribution in [0.25, 0.3) is 0 Å². The van der Waals surface area contributed by atoms with E-state index >= 15 is 0 Å². The maximum atomic E-state index is 10.7. The lowest BCUT2D eigenvalue weighted by atomic mass is 9.98. The molecule has 0 radical (unpaired) electrons. The number of aliphatic carboxylic acids is 1. The highest BCUT2D eigenvalue weighted by molar-refractivity contribution is 5.77. The Balaban J connectivity index is 2.25. The van der Waals surface area contributed by atoms with Crippen LogP contribution in [-0.2, 0) is 4.79 Å². The minimum atomic E-state index is -1.17. The van der Waals surface area contributed by atoms with Crippen LogP contribution in [0.3, 0.4) is 0 Å². The minimum Gasteiger partial charge on any atom is -0.494 e. The van der Waals surface area contributed by atoms with E-state index < -0.39 is 11.5 Å². The number of para-hydroxylation sites is 1. The van der Waals surface area contributed by atoms with Crippen molar-refractivity contribution in [3.8, 4) is 5.75 Å². The second-order valence-electron chi connectivity index (χ2n) is 3.99. The first kappa shape index (κ1) is 12.5. The van der Waals surface area contributed by atoms with Crippen LogP contribution in [0.15, 0.2) is 30.3 Å². The summed E-state index contributed by atoms with van der Waals surface area (Å²) in [7, 11) is 0. The van der Waals surface area contributed by atoms with E-state index in [9.17, 15) is 4.79 Å². The number of hydrogen-bond acceptors (Lipinski definition) is 3. The van der Waals surface area contributed by atoms with Gasteiger partial charge in [0.25, 0.3) is 0 Å². The second-order valence-corrected chi connectivity index (χ2v) is 3.99. The molecule has 4 heteroatoms. The fraction of sp³-hybridized carbons (Fsp3) is 0.417. The molecular formula is C12H17NO3. The standard InChI is InChI=1S/C12H17NO3/c1-12(13,11(14)15)8-5-9-16-10-6-3-2-4-7-10/h2-4,6-7H,5,8-9,13H2,1H3,(H,14,15). The van der Waals surface area contributed by atoms with Crippen LogP contribution >= 0.6 is 0 Å². The minimum absolute atomic E-state index is 0.398. The molecule has 0 aromatic heterocycles. The number of ether oxygens (including phenoxy) is 1. The van der Waals surface area contributed by atoms with E-state index in [1.807, 2.05) is 30.3 Å². The van der Waals surface area contributed by atoms with Gasteiger partial charge in [0.05, 0.1) is 6.61 Å². The van der Waals surface area contributed by atoms with Crippen molar-refractivity contribution < 1.29 is 14.6 Å². The molecule has 16 heavy (non-hydrogen) atoms. The quantitative estimate of drug-likeness (QED) is 0.719. The Morgan fingerprint density at radius 3 is 2.62 bits per heavy atom. The molecule has 1 rings (SSSR count). The zero-order valence-electron chi connectivity index (χ0n) is 9.35. The third-order valence-electron chi connectivity index (χ3n) is 2.34. The van der Waals surface area contributed by atoms with Gasteiger partial charge in [0.15, 0.2) is 0 Å². The van der Waals surface area contributed by atoms with Crippen molar-refractivity contribution in [2.45, 2.75) is 25.3 Å². The highest BCUT2D eigenvalue weighted by Crippen LogP contribution is 2.12. The topological polar surface area (TPSA) is 72.5 Å². The van der Waals surface area contributed by atoms with Crippen LogP contribution in [0.4, 0.5) is 0 Å². The van der Waals surface area contributed by atoms with Gasteiger partial charge in [0, 0.05) is 0 Å². The predicted molar refractivity (Wildman–Crippen MR) is 61.4 cm³/mol. The fourth-order valence-corrected chi connectivity index (χ4v) is 1.25. The smallest absolute Gasteiger partial charge is 0.323 e. The van der Waals surface area contributed by atoms with Crippen molar-refractivity contribution in [1.82, 2.24) is 0 Å². The van der Waals surface area contributed by atoms with Gasteiger partial charge in [-0.05, 0) is 31.9 Å². The van der Waals surface area contributed by atoms with Gasteiger partial charge >= 0.3 is 5.97 Å². The van der Waals surface area contributed by atoms with Crippen molar-refractivity contribution in [1.29, 1.82) is 0 Å². The Bertz CT molecular complexity index is 335. The first-order valence-electron chi connectivity index (χ1n) is 5.22. The highest BCUT2D eigenvalue weighted by atomic mass is 16.5. The molecular weight excluding hydrogens is 206 g/mol. The Labute approximate surface area is 95.0 Å². The third kappa shape index (κ3) is 3.90. The molecule has 0 spiro atoms. The molecule has 1 aromatic carbocycles. The summed E-state index contributed by atoms with van der Waals surface area (Å²) in [6.45, 7) is 1.99. The van der Waals surface area contributed by atoms with Crippen LogP contribution in [-0.4, -0.2) is 23.2 Å². The van der Waals surface area contributed by atoms with E-state index in [4.69, 9.17) is 15.6 Å². The molecule has 0 aliphatic rings. The summed E-state index contributed by atoms with van der Waals surface area (Å²) in [6.07, 6.45) is 1.02. The van der Waals surface area contributed by atoms with E-state index in [2.05, 4.69) is 0 Å². The van der Waals surface area contributed by atoms with Crippen LogP contribution in [0, 0.1) is 0 Å². The second kappa shape index (κ2) is 5.51. The Morgan fingerprint density at radius 1 is 1.44 bits per heavy atom. The molecule has 0 amide bonds. The lowest BCUT2D eigenvalue weighted by molar-refractivity contribution is -0.142. The lowest BCUT2D eigenvalue weighted by Crippen LogP contribution is -2.44. The number of hydrogen-bond donors (Lipinski definition) is 2. The van der Waals surface area contributed by atoms with Crippen LogP contribution < -0.4 is 10.5 Å². The number of carbonyl (C=O) groups is 1. The van der Waals surface area contributed by atoms with Crippen molar-refractivity contribution in [2.24, 2.45) is 5.73 Å². The molecule has 0 fully saturated rings. The summed E-state index contributed by atoms with van der Waals surface area (Å²) in [5.74, 6) is -0.191. The third-order valence-corrected chi connectivity index (χ3v) is 2.34. The van der Waals surface area contributed by atoms with E-state index in [1.54, 1.807) is 0 Å². The number of carboxylic acids is 1. The van der Waals surface area contributed by atoms with Gasteiger partial charge in [-0.25, -0.2) is 0 Å². The molecule has 0 aliphatic carbocycles. The van der Waals surface area contributed by atoms with Gasteiger partial charge in [-0.15, -0.1) is 0 Å². The summed E-state index contributed by atoms with van der Waals surface area (Å²) in [4.78, 5) is 10.7. The summed E-state index contributed by atoms with van der Waals surface area (Å²) < 4.78 is 5.43. The molecule has 3 N–H and O–H groups in total. The molecule has 0 aliphatic heterocycles. The lowest BCUT2D eigenvalue weighted by Gasteiger charge is -2.18. The van der Waals surface area contributed by atoms with Crippen molar-refractivity contribution in [3.05, 3.63) is 30.3 Å². The summed E-state index contributed by atoms with van der Waals surface area (Å²) in [5, 5.41) is 8.79. The van der Waals surface area contributed by atoms with Crippen LogP contribution in [0.5, 0.6) is 5.75 Å². The number of rotatable bonds is 6. The predicted octanol–water partition coefficient (Wildman–Crippen LogP) is 1.65. The molecule has 1 atom stereocenters. The zero-order chi connectivity index (χ0) is 12.0. The van der Waals surface area contributed by atoms with E-state index in [1.165, 1.54) is 6.92 Å². The Hall–Kier alpha value is -1.55. The normalized spacial score (nSPS) is 14.1. The largest absolute Gasteiger partial charge is 0.494 e. The summed E-state index contributed by atoms with van der Waals surface area (Å²) in [5.41, 5.74) is 4.42. The molecule has 0 saturated carbocycles. The van der Waals surface area contributed by atoms with E-state index in [0.29, 0.717) is 19.4 Å². The van der Waals surface area contributed by atoms with Crippen molar-refractivity contribution in [3.63, 3.8) is 0 Å². The van der Waals surface area contributed by atoms with Gasteiger partial charge in [0.2, 0.25) is 0 Å². The molecule has 1 aromatic rings. The van der Waals surface area contributed by atoms with Gasteiger partial charge in [-0.3, -0.25) is 4.79 Å². The van der Waals surface area contributed by atoms with Gasteiger partial charge in [0.1, 0.15) is 11.3 Å². The first-order chi connectivity index (χ1) is 7.52.